The van der Waals surface area contributed by atoms with Crippen LogP contribution in [0.3, 0.4) is 0 Å². The zero-order valence-electron chi connectivity index (χ0n) is 14.7. The third-order valence-electron chi connectivity index (χ3n) is 3.14. The van der Waals surface area contributed by atoms with Crippen LogP contribution in [0.2, 0.25) is 0 Å². The number of aliphatic carboxylic acids is 1. The lowest BCUT2D eigenvalue weighted by Crippen LogP contribution is -2.39. The quantitative estimate of drug-likeness (QED) is 0.872. The largest absolute Gasteiger partial charge is 0.479 e. The Morgan fingerprint density at radius 2 is 1.54 bits per heavy atom. The summed E-state index contributed by atoms with van der Waals surface area (Å²) in [6.45, 7) is 10.1. The summed E-state index contributed by atoms with van der Waals surface area (Å²) in [5.41, 5.74) is -1.75. The fourth-order valence-corrected chi connectivity index (χ4v) is 1.98. The van der Waals surface area contributed by atoms with Gasteiger partial charge in [0.25, 0.3) is 0 Å². The second kappa shape index (κ2) is 6.75. The number of carbonyl (C=O) groups is 2. The van der Waals surface area contributed by atoms with Crippen LogP contribution >= 0.6 is 0 Å². The molecule has 1 amide bonds. The molecular formula is C17H23F2NO4. The molecule has 0 spiro atoms. The average Bonchev–Trinajstić information content (AvgIpc) is 2.32. The maximum Gasteiger partial charge on any atom is 0.408 e. The van der Waals surface area contributed by atoms with E-state index in [1.54, 1.807) is 41.5 Å². The summed E-state index contributed by atoms with van der Waals surface area (Å²) in [7, 11) is 0. The average molecular weight is 343 g/mol. The number of carbonyl (C=O) groups excluding carboxylic acids is 1. The maximum atomic E-state index is 14.3. The predicted molar refractivity (Wildman–Crippen MR) is 84.8 cm³/mol. The Morgan fingerprint density at radius 3 is 1.88 bits per heavy atom. The molecule has 1 atom stereocenters. The van der Waals surface area contributed by atoms with Crippen molar-refractivity contribution in [2.45, 2.75) is 58.6 Å². The van der Waals surface area contributed by atoms with Crippen molar-refractivity contribution < 1.29 is 28.2 Å². The first kappa shape index (κ1) is 19.9. The summed E-state index contributed by atoms with van der Waals surface area (Å²) >= 11 is 0. The van der Waals surface area contributed by atoms with E-state index in [4.69, 9.17) is 4.74 Å². The number of alkyl carbamates (subject to hydrolysis) is 1. The molecule has 0 aliphatic rings. The molecule has 0 radical (unpaired) electrons. The van der Waals surface area contributed by atoms with Crippen LogP contribution in [0, 0.1) is 11.6 Å². The smallest absolute Gasteiger partial charge is 0.408 e. The number of ether oxygens (including phenoxy) is 1. The monoisotopic (exact) mass is 343 g/mol. The van der Waals surface area contributed by atoms with E-state index in [-0.39, 0.29) is 0 Å². The predicted octanol–water partition coefficient (Wildman–Crippen LogP) is 3.91. The maximum absolute atomic E-state index is 14.3. The van der Waals surface area contributed by atoms with Gasteiger partial charge in [0.15, 0.2) is 6.04 Å². The van der Waals surface area contributed by atoms with Gasteiger partial charge in [0.05, 0.1) is 5.56 Å². The van der Waals surface area contributed by atoms with Crippen LogP contribution in [0.15, 0.2) is 12.1 Å². The minimum Gasteiger partial charge on any atom is -0.479 e. The van der Waals surface area contributed by atoms with E-state index in [2.05, 4.69) is 0 Å². The molecule has 0 saturated heterocycles. The van der Waals surface area contributed by atoms with Crippen molar-refractivity contribution in [3.8, 4) is 0 Å². The number of amides is 1. The van der Waals surface area contributed by atoms with E-state index >= 15 is 0 Å². The molecule has 0 heterocycles. The number of hydrogen-bond donors (Lipinski definition) is 2. The van der Waals surface area contributed by atoms with Gasteiger partial charge in [0.1, 0.15) is 17.2 Å². The van der Waals surface area contributed by atoms with Gasteiger partial charge < -0.3 is 15.2 Å². The SMILES string of the molecule is CC(C)(C)OC(=O)NC(C(=O)O)c1c(F)cc(C(C)(C)C)cc1F. The summed E-state index contributed by atoms with van der Waals surface area (Å²) in [6, 6.07) is 0.254. The first-order valence-corrected chi connectivity index (χ1v) is 7.44. The first-order valence-electron chi connectivity index (χ1n) is 7.44. The molecule has 1 rings (SSSR count). The molecule has 5 nitrogen and oxygen atoms in total. The van der Waals surface area contributed by atoms with Crippen LogP contribution in [-0.2, 0) is 14.9 Å². The van der Waals surface area contributed by atoms with Gasteiger partial charge in [-0.1, -0.05) is 20.8 Å². The minimum atomic E-state index is -1.89. The molecule has 1 aromatic rings. The van der Waals surface area contributed by atoms with E-state index in [0.29, 0.717) is 5.56 Å². The van der Waals surface area contributed by atoms with Crippen molar-refractivity contribution in [2.75, 3.05) is 0 Å². The lowest BCUT2D eigenvalue weighted by atomic mass is 9.85. The number of halogens is 2. The molecule has 0 saturated carbocycles. The van der Waals surface area contributed by atoms with Gasteiger partial charge in [-0.25, -0.2) is 18.4 Å². The lowest BCUT2D eigenvalue weighted by molar-refractivity contribution is -0.139. The molecule has 24 heavy (non-hydrogen) atoms. The number of benzene rings is 1. The number of rotatable bonds is 3. The molecular weight excluding hydrogens is 320 g/mol. The molecule has 1 unspecified atom stereocenters. The van der Waals surface area contributed by atoms with Crippen LogP contribution in [0.4, 0.5) is 13.6 Å². The molecule has 0 aliphatic carbocycles. The summed E-state index contributed by atoms with van der Waals surface area (Å²) in [4.78, 5) is 23.1. The first-order chi connectivity index (χ1) is 10.7. The van der Waals surface area contributed by atoms with Crippen molar-refractivity contribution in [1.82, 2.24) is 5.32 Å². The fourth-order valence-electron chi connectivity index (χ4n) is 1.98. The van der Waals surface area contributed by atoms with Crippen molar-refractivity contribution >= 4 is 12.1 Å². The van der Waals surface area contributed by atoms with Crippen molar-refractivity contribution in [1.29, 1.82) is 0 Å². The van der Waals surface area contributed by atoms with Crippen LogP contribution < -0.4 is 5.32 Å². The van der Waals surface area contributed by atoms with Crippen molar-refractivity contribution in [3.63, 3.8) is 0 Å². The molecule has 134 valence electrons. The van der Waals surface area contributed by atoms with Gasteiger partial charge >= 0.3 is 12.1 Å². The van der Waals surface area contributed by atoms with Gasteiger partial charge in [0.2, 0.25) is 0 Å². The van der Waals surface area contributed by atoms with Gasteiger partial charge in [-0.2, -0.15) is 0 Å². The second-order valence-electron chi connectivity index (χ2n) is 7.52. The molecule has 0 aliphatic heterocycles. The van der Waals surface area contributed by atoms with E-state index in [9.17, 15) is 23.5 Å². The standard InChI is InChI=1S/C17H23F2NO4/c1-16(2,3)9-7-10(18)12(11(19)8-9)13(14(21)22)20-15(23)24-17(4,5)6/h7-8,13H,1-6H3,(H,20,23)(H,21,22). The normalized spacial score (nSPS) is 13.3. The summed E-state index contributed by atoms with van der Waals surface area (Å²) < 4.78 is 33.6. The summed E-state index contributed by atoms with van der Waals surface area (Å²) in [5, 5.41) is 11.2. The minimum absolute atomic E-state index is 0.377. The molecule has 7 heteroatoms. The topological polar surface area (TPSA) is 75.6 Å². The zero-order chi connectivity index (χ0) is 18.9. The number of nitrogens with one attached hydrogen (secondary N) is 1. The van der Waals surface area contributed by atoms with Gasteiger partial charge in [-0.05, 0) is 43.9 Å². The fraction of sp³-hybridized carbons (Fsp3) is 0.529. The third-order valence-corrected chi connectivity index (χ3v) is 3.14. The van der Waals surface area contributed by atoms with Crippen LogP contribution in [-0.4, -0.2) is 22.8 Å². The lowest BCUT2D eigenvalue weighted by Gasteiger charge is -2.24. The van der Waals surface area contributed by atoms with Gasteiger partial charge in [-0.3, -0.25) is 0 Å². The Balaban J connectivity index is 3.23. The Morgan fingerprint density at radius 1 is 1.08 bits per heavy atom. The Labute approximate surface area is 140 Å². The highest BCUT2D eigenvalue weighted by Crippen LogP contribution is 2.29. The van der Waals surface area contributed by atoms with E-state index < -0.39 is 46.3 Å². The van der Waals surface area contributed by atoms with Crippen LogP contribution in [0.1, 0.15) is 58.7 Å². The van der Waals surface area contributed by atoms with E-state index in [1.807, 2.05) is 5.32 Å². The van der Waals surface area contributed by atoms with E-state index in [1.165, 1.54) is 0 Å². The van der Waals surface area contributed by atoms with Crippen molar-refractivity contribution in [2.24, 2.45) is 0 Å². The zero-order valence-corrected chi connectivity index (χ0v) is 14.7. The molecule has 0 aromatic heterocycles. The Kier molecular flexibility index (Phi) is 5.58. The van der Waals surface area contributed by atoms with E-state index in [0.717, 1.165) is 12.1 Å². The Bertz CT molecular complexity index is 622. The molecule has 0 bridgehead atoms. The summed E-state index contributed by atoms with van der Waals surface area (Å²) in [6.07, 6.45) is -1.08. The summed E-state index contributed by atoms with van der Waals surface area (Å²) in [5.74, 6) is -3.67. The number of carboxylic acids is 1. The highest BCUT2D eigenvalue weighted by molar-refractivity contribution is 5.81. The Hall–Kier alpha value is -2.18. The van der Waals surface area contributed by atoms with Crippen LogP contribution in [0.5, 0.6) is 0 Å². The van der Waals surface area contributed by atoms with Crippen molar-refractivity contribution in [3.05, 3.63) is 34.9 Å². The van der Waals surface area contributed by atoms with Gasteiger partial charge in [0, 0.05) is 0 Å². The van der Waals surface area contributed by atoms with Gasteiger partial charge in [-0.15, -0.1) is 0 Å². The highest BCUT2D eigenvalue weighted by atomic mass is 19.1. The van der Waals surface area contributed by atoms with Crippen LogP contribution in [0.25, 0.3) is 0 Å². The number of hydrogen-bond acceptors (Lipinski definition) is 3. The second-order valence-corrected chi connectivity index (χ2v) is 7.52. The third kappa shape index (κ3) is 5.18. The molecule has 1 aromatic carbocycles. The molecule has 2 N–H and O–H groups in total. The molecule has 0 fully saturated rings. The number of carboxylic acid groups (broad SMARTS) is 1. The highest BCUT2D eigenvalue weighted by Gasteiger charge is 2.31.